The van der Waals surface area contributed by atoms with Gasteiger partial charge in [0.05, 0.1) is 0 Å². The summed E-state index contributed by atoms with van der Waals surface area (Å²) in [7, 11) is -3.80. The molecule has 6 aliphatic rings. The molecule has 0 aliphatic heterocycles. The minimum absolute atomic E-state index is 0.158. The van der Waals surface area contributed by atoms with Crippen molar-refractivity contribution in [3.8, 4) is 0 Å². The van der Waals surface area contributed by atoms with Crippen LogP contribution in [-0.2, 0) is 24.0 Å². The van der Waals surface area contributed by atoms with E-state index in [9.17, 15) is 18.0 Å². The molecule has 2 saturated carbocycles. The minimum Gasteiger partial charge on any atom is -0.300 e. The van der Waals surface area contributed by atoms with Crippen LogP contribution in [0.4, 0.5) is 0 Å². The molecular formula is C36H51NO5S. The molecular weight excluding hydrogens is 558 g/mol. The number of nitrogens with two attached hydrogens (primary N) is 1. The predicted octanol–water partition coefficient (Wildman–Crippen LogP) is 7.78. The fourth-order valence-corrected chi connectivity index (χ4v) is 10.7. The molecule has 0 amide bonds. The number of allylic oxidation sites excluding steroid dienone is 4. The van der Waals surface area contributed by atoms with Gasteiger partial charge in [0, 0.05) is 25.2 Å². The monoisotopic (exact) mass is 609 g/mol. The number of carbonyl (C=O) groups excluding carboxylic acids is 2. The Bertz CT molecular complexity index is 1470. The number of fused-ring (bicyclic) bond motifs is 4. The Hall–Kier alpha value is -2.09. The maximum atomic E-state index is 11.6. The zero-order valence-corrected chi connectivity index (χ0v) is 28.1. The van der Waals surface area contributed by atoms with Gasteiger partial charge >= 0.3 is 10.1 Å². The molecule has 2 N–H and O–H groups in total. The lowest BCUT2D eigenvalue weighted by atomic mass is 9.64. The van der Waals surface area contributed by atoms with Gasteiger partial charge in [-0.1, -0.05) is 67.7 Å². The van der Waals surface area contributed by atoms with E-state index in [0.29, 0.717) is 57.2 Å². The summed E-state index contributed by atoms with van der Waals surface area (Å²) < 4.78 is 26.8. The summed E-state index contributed by atoms with van der Waals surface area (Å²) in [6.07, 6.45) is 13.0. The molecule has 4 unspecified atom stereocenters. The summed E-state index contributed by atoms with van der Waals surface area (Å²) in [5.74, 6) is 8.17. The molecule has 2 fully saturated rings. The van der Waals surface area contributed by atoms with E-state index in [2.05, 4.69) is 32.0 Å². The van der Waals surface area contributed by atoms with Crippen LogP contribution in [0.3, 0.4) is 0 Å². The second kappa shape index (κ2) is 11.7. The molecule has 0 saturated heterocycles. The van der Waals surface area contributed by atoms with Gasteiger partial charge in [0.15, 0.2) is 0 Å². The van der Waals surface area contributed by atoms with Gasteiger partial charge in [0.2, 0.25) is 0 Å². The number of hydrogen-bond donors (Lipinski definition) is 1. The highest BCUT2D eigenvalue weighted by atomic mass is 32.2. The van der Waals surface area contributed by atoms with E-state index in [1.807, 2.05) is 6.92 Å². The molecule has 0 heterocycles. The molecule has 1 aromatic rings. The zero-order chi connectivity index (χ0) is 31.5. The van der Waals surface area contributed by atoms with Gasteiger partial charge in [-0.25, -0.2) is 0 Å². The number of rotatable bonds is 2. The largest absolute Gasteiger partial charge is 0.313 e. The van der Waals surface area contributed by atoms with Gasteiger partial charge in [-0.2, -0.15) is 18.6 Å². The van der Waals surface area contributed by atoms with E-state index in [1.54, 1.807) is 48.3 Å². The van der Waals surface area contributed by atoms with E-state index in [-0.39, 0.29) is 4.90 Å². The smallest absolute Gasteiger partial charge is 0.300 e. The van der Waals surface area contributed by atoms with E-state index in [4.69, 9.17) is 5.90 Å². The Balaban J connectivity index is 0.000000129. The van der Waals surface area contributed by atoms with Gasteiger partial charge in [0.1, 0.15) is 16.5 Å². The van der Waals surface area contributed by atoms with Crippen LogP contribution >= 0.6 is 0 Å². The fraction of sp³-hybridized carbons (Fsp3) is 0.667. The number of benzene rings is 1. The maximum absolute atomic E-state index is 11.6. The number of hydrogen-bond acceptors (Lipinski definition) is 6. The standard InChI is InChI=1S/C14H20O.C13H18O.C9H13NO3S/c1-14(2)5-3-4-9-6-10-7-11(15)8-12(10)13(9)14;1-13(2)5-3-4-8-6-9-7-10(14)11(9)12(8)13;1-6-4-7(2)9(8(3)5-6)14(11,12)13-10/h10,12H,3-8H2,1-2H3;9,11H,3-7H2,1-2H3;4-5H,10H2,1-3H3. The summed E-state index contributed by atoms with van der Waals surface area (Å²) in [6.45, 7) is 14.8. The number of aryl methyl sites for hydroxylation is 3. The molecule has 7 heteroatoms. The van der Waals surface area contributed by atoms with Crippen LogP contribution in [-0.4, -0.2) is 20.0 Å². The van der Waals surface area contributed by atoms with Crippen molar-refractivity contribution in [3.63, 3.8) is 0 Å². The normalized spacial score (nSPS) is 29.9. The Kier molecular flexibility index (Phi) is 8.78. The van der Waals surface area contributed by atoms with Crippen LogP contribution in [0, 0.1) is 55.3 Å². The van der Waals surface area contributed by atoms with Crippen LogP contribution in [0.2, 0.25) is 0 Å². The van der Waals surface area contributed by atoms with Crippen molar-refractivity contribution in [2.24, 2.45) is 40.4 Å². The van der Waals surface area contributed by atoms with E-state index in [0.717, 1.165) is 24.8 Å². The number of Topliss-reactive ketones (excluding diaryl/α,β-unsaturated/α-hetero) is 2. The molecule has 6 aliphatic carbocycles. The van der Waals surface area contributed by atoms with E-state index >= 15 is 0 Å². The summed E-state index contributed by atoms with van der Waals surface area (Å²) >= 11 is 0. The lowest BCUT2D eigenvalue weighted by molar-refractivity contribution is -0.131. The third-order valence-electron chi connectivity index (χ3n) is 11.2. The molecule has 236 valence electrons. The van der Waals surface area contributed by atoms with Crippen molar-refractivity contribution < 1.29 is 22.3 Å². The molecule has 0 spiro atoms. The van der Waals surface area contributed by atoms with Gasteiger partial charge in [-0.3, -0.25) is 9.59 Å². The zero-order valence-electron chi connectivity index (χ0n) is 27.3. The molecule has 43 heavy (non-hydrogen) atoms. The molecule has 0 aromatic heterocycles. The molecule has 0 bridgehead atoms. The maximum Gasteiger partial charge on any atom is 0.313 e. The summed E-state index contributed by atoms with van der Waals surface area (Å²) in [6, 6.07) is 3.55. The van der Waals surface area contributed by atoms with E-state index in [1.165, 1.54) is 51.4 Å². The SMILES string of the molecule is CC1(C)CCCC2=C1C1C(=O)CC1C2.CC1(C)CCCC2=C1C1CC(=O)CC1C2.Cc1cc(C)c(S(=O)(=O)ON)c(C)c1. The first-order chi connectivity index (χ1) is 20.1. The lowest BCUT2D eigenvalue weighted by Gasteiger charge is -2.39. The highest BCUT2D eigenvalue weighted by molar-refractivity contribution is 7.86. The Morgan fingerprint density at radius 1 is 0.767 bits per heavy atom. The van der Waals surface area contributed by atoms with Crippen molar-refractivity contribution >= 4 is 21.7 Å². The minimum atomic E-state index is -3.80. The van der Waals surface area contributed by atoms with Crippen molar-refractivity contribution in [1.29, 1.82) is 0 Å². The van der Waals surface area contributed by atoms with Crippen molar-refractivity contribution in [2.75, 3.05) is 0 Å². The topological polar surface area (TPSA) is 104 Å². The van der Waals surface area contributed by atoms with Gasteiger partial charge < -0.3 is 0 Å². The highest BCUT2D eigenvalue weighted by Gasteiger charge is 2.52. The lowest BCUT2D eigenvalue weighted by Crippen LogP contribution is -2.38. The molecule has 4 atom stereocenters. The first-order valence-corrected chi connectivity index (χ1v) is 17.7. The fourth-order valence-electron chi connectivity index (χ4n) is 9.73. The Morgan fingerprint density at radius 3 is 1.86 bits per heavy atom. The van der Waals surface area contributed by atoms with Crippen molar-refractivity contribution in [2.45, 2.75) is 124 Å². The summed E-state index contributed by atoms with van der Waals surface area (Å²) in [4.78, 5) is 23.3. The van der Waals surface area contributed by atoms with Crippen LogP contribution in [0.15, 0.2) is 39.3 Å². The predicted molar refractivity (Wildman–Crippen MR) is 169 cm³/mol. The average molecular weight is 610 g/mol. The van der Waals surface area contributed by atoms with Crippen molar-refractivity contribution in [3.05, 3.63) is 51.1 Å². The number of carbonyl (C=O) groups is 2. The third kappa shape index (κ3) is 6.11. The molecule has 0 radical (unpaired) electrons. The first-order valence-electron chi connectivity index (χ1n) is 16.3. The van der Waals surface area contributed by atoms with E-state index < -0.39 is 10.1 Å². The Labute approximate surface area is 259 Å². The first kappa shape index (κ1) is 32.3. The van der Waals surface area contributed by atoms with Crippen molar-refractivity contribution in [1.82, 2.24) is 0 Å². The molecule has 1 aromatic carbocycles. The highest BCUT2D eigenvalue weighted by Crippen LogP contribution is 2.58. The second-order valence-corrected chi connectivity index (χ2v) is 16.9. The second-order valence-electron chi connectivity index (χ2n) is 15.4. The Morgan fingerprint density at radius 2 is 1.30 bits per heavy atom. The van der Waals surface area contributed by atoms with Crippen LogP contribution < -0.4 is 5.90 Å². The summed E-state index contributed by atoms with van der Waals surface area (Å²) in [5, 5.41) is 0. The molecule has 6 nitrogen and oxygen atoms in total. The van der Waals surface area contributed by atoms with Crippen LogP contribution in [0.25, 0.3) is 0 Å². The van der Waals surface area contributed by atoms with Gasteiger partial charge in [0.25, 0.3) is 0 Å². The quantitative estimate of drug-likeness (QED) is 0.271. The summed E-state index contributed by atoms with van der Waals surface area (Å²) in [5.41, 5.74) is 9.66. The molecule has 7 rings (SSSR count). The third-order valence-corrected chi connectivity index (χ3v) is 12.6. The number of ketones is 2. The van der Waals surface area contributed by atoms with Crippen LogP contribution in [0.1, 0.15) is 115 Å². The average Bonchev–Trinajstić information content (AvgIpc) is 3.51. The van der Waals surface area contributed by atoms with Gasteiger partial charge in [-0.15, -0.1) is 0 Å². The van der Waals surface area contributed by atoms with Gasteiger partial charge in [-0.05, 0) is 112 Å². The van der Waals surface area contributed by atoms with Crippen LogP contribution in [0.5, 0.6) is 0 Å².